The van der Waals surface area contributed by atoms with Crippen molar-refractivity contribution in [3.8, 4) is 5.75 Å². The second kappa shape index (κ2) is 6.29. The summed E-state index contributed by atoms with van der Waals surface area (Å²) in [5, 5.41) is 0. The number of likely N-dealkylation sites (tertiary alicyclic amines) is 1. The Kier molecular flexibility index (Phi) is 3.95. The molecule has 0 bridgehead atoms. The Morgan fingerprint density at radius 1 is 1.04 bits per heavy atom. The van der Waals surface area contributed by atoms with Gasteiger partial charge in [0.15, 0.2) is 0 Å². The van der Waals surface area contributed by atoms with Gasteiger partial charge in [-0.15, -0.1) is 0 Å². The van der Waals surface area contributed by atoms with Crippen molar-refractivity contribution in [2.24, 2.45) is 0 Å². The van der Waals surface area contributed by atoms with E-state index in [-0.39, 0.29) is 23.8 Å². The molecular formula is C20H18N2O4. The summed E-state index contributed by atoms with van der Waals surface area (Å²) in [6.45, 7) is 0.857. The van der Waals surface area contributed by atoms with Crippen LogP contribution in [0.15, 0.2) is 48.5 Å². The first-order valence-electron chi connectivity index (χ1n) is 8.50. The summed E-state index contributed by atoms with van der Waals surface area (Å²) in [7, 11) is 1.55. The third kappa shape index (κ3) is 2.54. The number of carbonyl (C=O) groups is 3. The first-order chi connectivity index (χ1) is 12.6. The van der Waals surface area contributed by atoms with E-state index in [1.165, 1.54) is 4.90 Å². The van der Waals surface area contributed by atoms with Crippen LogP contribution in [0.5, 0.6) is 5.75 Å². The Balaban J connectivity index is 1.52. The molecule has 2 aliphatic rings. The predicted octanol–water partition coefficient (Wildman–Crippen LogP) is 2.21. The minimum Gasteiger partial charge on any atom is -0.497 e. The van der Waals surface area contributed by atoms with Gasteiger partial charge < -0.3 is 9.64 Å². The largest absolute Gasteiger partial charge is 0.497 e. The van der Waals surface area contributed by atoms with Crippen molar-refractivity contribution in [3.05, 3.63) is 65.2 Å². The topological polar surface area (TPSA) is 66.9 Å². The number of ether oxygens (including phenoxy) is 1. The van der Waals surface area contributed by atoms with Crippen LogP contribution in [0.3, 0.4) is 0 Å². The Labute approximate surface area is 151 Å². The second-order valence-corrected chi connectivity index (χ2v) is 6.45. The fourth-order valence-corrected chi connectivity index (χ4v) is 3.62. The average molecular weight is 350 g/mol. The van der Waals surface area contributed by atoms with Gasteiger partial charge in [-0.05, 0) is 36.8 Å². The molecule has 6 nitrogen and oxygen atoms in total. The highest BCUT2D eigenvalue weighted by atomic mass is 16.5. The highest BCUT2D eigenvalue weighted by Crippen LogP contribution is 2.28. The van der Waals surface area contributed by atoms with Crippen LogP contribution in [0, 0.1) is 0 Å². The highest BCUT2D eigenvalue weighted by molar-refractivity contribution is 6.21. The normalized spacial score (nSPS) is 19.0. The van der Waals surface area contributed by atoms with Crippen LogP contribution >= 0.6 is 0 Å². The van der Waals surface area contributed by atoms with Crippen molar-refractivity contribution in [1.29, 1.82) is 0 Å². The fourth-order valence-electron chi connectivity index (χ4n) is 3.62. The second-order valence-electron chi connectivity index (χ2n) is 6.45. The van der Waals surface area contributed by atoms with Gasteiger partial charge in [-0.25, -0.2) is 0 Å². The van der Waals surface area contributed by atoms with Gasteiger partial charge in [-0.2, -0.15) is 0 Å². The Hall–Kier alpha value is -3.15. The molecule has 0 saturated carbocycles. The van der Waals surface area contributed by atoms with Crippen molar-refractivity contribution in [2.45, 2.75) is 12.5 Å². The Morgan fingerprint density at radius 2 is 1.73 bits per heavy atom. The highest BCUT2D eigenvalue weighted by Gasteiger charge is 2.42. The number of benzene rings is 2. The van der Waals surface area contributed by atoms with Crippen LogP contribution < -0.4 is 4.74 Å². The Morgan fingerprint density at radius 3 is 2.38 bits per heavy atom. The van der Waals surface area contributed by atoms with Crippen molar-refractivity contribution in [1.82, 2.24) is 9.80 Å². The van der Waals surface area contributed by atoms with Gasteiger partial charge in [0.2, 0.25) is 0 Å². The zero-order valence-electron chi connectivity index (χ0n) is 14.3. The maximum atomic E-state index is 12.7. The quantitative estimate of drug-likeness (QED) is 0.796. The summed E-state index contributed by atoms with van der Waals surface area (Å²) < 4.78 is 5.17. The molecule has 0 aliphatic carbocycles. The summed E-state index contributed by atoms with van der Waals surface area (Å²) in [6.07, 6.45) is 0.585. The van der Waals surface area contributed by atoms with Crippen molar-refractivity contribution in [2.75, 3.05) is 20.2 Å². The first kappa shape index (κ1) is 16.3. The SMILES string of the molecule is COc1cccc(C(=O)N2CCC(N3C(=O)c4ccccc4C3=O)C2)c1. The fraction of sp³-hybridized carbons (Fsp3) is 0.250. The standard InChI is InChI=1S/C20H18N2O4/c1-26-15-6-4-5-13(11-15)18(23)21-10-9-14(12-21)22-19(24)16-7-2-3-8-17(16)20(22)25/h2-8,11,14H,9-10,12H2,1H3. The van der Waals surface area contributed by atoms with Crippen molar-refractivity contribution < 1.29 is 19.1 Å². The number of carbonyl (C=O) groups excluding carboxylic acids is 3. The van der Waals surface area contributed by atoms with E-state index in [0.717, 1.165) is 0 Å². The predicted molar refractivity (Wildman–Crippen MR) is 94.2 cm³/mol. The molecule has 26 heavy (non-hydrogen) atoms. The molecule has 1 saturated heterocycles. The average Bonchev–Trinajstić information content (AvgIpc) is 3.25. The summed E-state index contributed by atoms with van der Waals surface area (Å²) in [5.41, 5.74) is 1.41. The molecule has 0 aromatic heterocycles. The first-order valence-corrected chi connectivity index (χ1v) is 8.50. The van der Waals surface area contributed by atoms with Crippen LogP contribution in [-0.2, 0) is 0 Å². The molecule has 2 aromatic carbocycles. The molecule has 2 aromatic rings. The van der Waals surface area contributed by atoms with E-state index in [1.54, 1.807) is 60.5 Å². The van der Waals surface area contributed by atoms with Gasteiger partial charge in [0.1, 0.15) is 5.75 Å². The molecule has 0 N–H and O–H groups in total. The number of amides is 3. The molecule has 2 heterocycles. The van der Waals surface area contributed by atoms with E-state index < -0.39 is 0 Å². The maximum absolute atomic E-state index is 12.7. The van der Waals surface area contributed by atoms with Gasteiger partial charge in [-0.1, -0.05) is 18.2 Å². The summed E-state index contributed by atoms with van der Waals surface area (Å²) >= 11 is 0. The van der Waals surface area contributed by atoms with Gasteiger partial charge >= 0.3 is 0 Å². The number of imide groups is 1. The van der Waals surface area contributed by atoms with E-state index in [1.807, 2.05) is 0 Å². The van der Waals surface area contributed by atoms with Gasteiger partial charge in [0, 0.05) is 18.7 Å². The van der Waals surface area contributed by atoms with Crippen LogP contribution in [0.25, 0.3) is 0 Å². The lowest BCUT2D eigenvalue weighted by Gasteiger charge is -2.22. The third-order valence-corrected chi connectivity index (χ3v) is 4.96. The minimum atomic E-state index is -0.294. The number of fused-ring (bicyclic) bond motifs is 1. The van der Waals surface area contributed by atoms with Crippen LogP contribution in [0.1, 0.15) is 37.5 Å². The number of nitrogens with zero attached hydrogens (tertiary/aromatic N) is 2. The lowest BCUT2D eigenvalue weighted by Crippen LogP contribution is -2.42. The molecule has 2 aliphatic heterocycles. The lowest BCUT2D eigenvalue weighted by atomic mass is 10.1. The number of hydrogen-bond acceptors (Lipinski definition) is 4. The number of hydrogen-bond donors (Lipinski definition) is 0. The van der Waals surface area contributed by atoms with Crippen LogP contribution in [-0.4, -0.2) is 53.8 Å². The zero-order chi connectivity index (χ0) is 18.3. The molecular weight excluding hydrogens is 332 g/mol. The molecule has 132 valence electrons. The van der Waals surface area contributed by atoms with E-state index in [9.17, 15) is 14.4 Å². The lowest BCUT2D eigenvalue weighted by molar-refractivity contribution is 0.0574. The van der Waals surface area contributed by atoms with Crippen LogP contribution in [0.2, 0.25) is 0 Å². The zero-order valence-corrected chi connectivity index (χ0v) is 14.3. The number of rotatable bonds is 3. The molecule has 3 amide bonds. The van der Waals surface area contributed by atoms with E-state index in [4.69, 9.17) is 4.74 Å². The molecule has 0 spiro atoms. The van der Waals surface area contributed by atoms with Gasteiger partial charge in [0.05, 0.1) is 24.3 Å². The molecule has 1 unspecified atom stereocenters. The van der Waals surface area contributed by atoms with Gasteiger partial charge in [-0.3, -0.25) is 19.3 Å². The summed E-state index contributed by atoms with van der Waals surface area (Å²) in [4.78, 5) is 41.0. The minimum absolute atomic E-state index is 0.122. The number of methoxy groups -OCH3 is 1. The van der Waals surface area contributed by atoms with E-state index in [0.29, 0.717) is 42.0 Å². The van der Waals surface area contributed by atoms with Crippen molar-refractivity contribution >= 4 is 17.7 Å². The molecule has 1 fully saturated rings. The smallest absolute Gasteiger partial charge is 0.261 e. The van der Waals surface area contributed by atoms with Crippen molar-refractivity contribution in [3.63, 3.8) is 0 Å². The molecule has 6 heteroatoms. The maximum Gasteiger partial charge on any atom is 0.261 e. The van der Waals surface area contributed by atoms with Gasteiger partial charge in [0.25, 0.3) is 17.7 Å². The monoisotopic (exact) mass is 350 g/mol. The summed E-state index contributed by atoms with van der Waals surface area (Å²) in [6, 6.07) is 13.5. The molecule has 0 radical (unpaired) electrons. The van der Waals surface area contributed by atoms with E-state index >= 15 is 0 Å². The molecule has 1 atom stereocenters. The third-order valence-electron chi connectivity index (χ3n) is 4.96. The Bertz CT molecular complexity index is 873. The van der Waals surface area contributed by atoms with E-state index in [2.05, 4.69) is 0 Å². The summed E-state index contributed by atoms with van der Waals surface area (Å²) in [5.74, 6) is -0.0486. The van der Waals surface area contributed by atoms with Crippen LogP contribution in [0.4, 0.5) is 0 Å². The molecule has 4 rings (SSSR count).